The van der Waals surface area contributed by atoms with Crippen molar-refractivity contribution in [3.05, 3.63) is 53.9 Å². The van der Waals surface area contributed by atoms with E-state index in [1.807, 2.05) is 0 Å². The number of hydrogen-bond donors (Lipinski definition) is 2. The summed E-state index contributed by atoms with van der Waals surface area (Å²) in [5.74, 6) is -0.351. The highest BCUT2D eigenvalue weighted by atomic mass is 16.4. The highest BCUT2D eigenvalue weighted by molar-refractivity contribution is 5.87. The molecule has 7 nitrogen and oxygen atoms in total. The molecule has 2 aromatic rings. The lowest BCUT2D eigenvalue weighted by Gasteiger charge is -2.33. The minimum atomic E-state index is -0.971. The van der Waals surface area contributed by atoms with Crippen LogP contribution >= 0.6 is 0 Å². The minimum Gasteiger partial charge on any atom is -0.478 e. The number of carboxylic acids is 1. The zero-order valence-corrected chi connectivity index (χ0v) is 13.8. The Morgan fingerprint density at radius 3 is 2.60 bits per heavy atom. The van der Waals surface area contributed by atoms with E-state index in [4.69, 9.17) is 5.11 Å². The Morgan fingerprint density at radius 2 is 1.92 bits per heavy atom. The van der Waals surface area contributed by atoms with Crippen molar-refractivity contribution in [1.29, 1.82) is 0 Å². The van der Waals surface area contributed by atoms with E-state index >= 15 is 0 Å². The van der Waals surface area contributed by atoms with Crippen LogP contribution in [0.4, 0.5) is 5.95 Å². The van der Waals surface area contributed by atoms with Crippen molar-refractivity contribution in [3.63, 3.8) is 0 Å². The first-order valence-electron chi connectivity index (χ1n) is 8.25. The van der Waals surface area contributed by atoms with Gasteiger partial charge in [0, 0.05) is 31.5 Å². The predicted molar refractivity (Wildman–Crippen MR) is 92.5 cm³/mol. The van der Waals surface area contributed by atoms with E-state index in [0.29, 0.717) is 12.5 Å². The van der Waals surface area contributed by atoms with Gasteiger partial charge in [0.25, 0.3) is 0 Å². The summed E-state index contributed by atoms with van der Waals surface area (Å²) in [6.45, 7) is 1.57. The van der Waals surface area contributed by atoms with Crippen LogP contribution in [0.1, 0.15) is 28.8 Å². The third kappa shape index (κ3) is 4.53. The van der Waals surface area contributed by atoms with Crippen LogP contribution in [0.15, 0.2) is 42.7 Å². The average molecular weight is 340 g/mol. The largest absolute Gasteiger partial charge is 0.478 e. The molecular formula is C18H20N4O3. The van der Waals surface area contributed by atoms with E-state index in [-0.39, 0.29) is 23.9 Å². The van der Waals surface area contributed by atoms with E-state index in [1.54, 1.807) is 30.6 Å². The molecule has 25 heavy (non-hydrogen) atoms. The van der Waals surface area contributed by atoms with Crippen LogP contribution in [0.25, 0.3) is 0 Å². The van der Waals surface area contributed by atoms with Gasteiger partial charge < -0.3 is 15.3 Å². The van der Waals surface area contributed by atoms with Crippen molar-refractivity contribution in [2.75, 3.05) is 18.0 Å². The van der Waals surface area contributed by atoms with Gasteiger partial charge in [-0.05, 0) is 36.6 Å². The number of carbonyl (C=O) groups is 2. The standard InChI is InChI=1S/C18H20N4O3/c23-16(11-13-4-6-14(7-5-13)17(24)25)21-15-3-1-10-22(12-15)18-19-8-2-9-20-18/h2,4-9,15H,1,3,10-12H2,(H,21,23)(H,24,25)/t15-/m0/s1. The van der Waals surface area contributed by atoms with E-state index < -0.39 is 5.97 Å². The number of carboxylic acid groups (broad SMARTS) is 1. The van der Waals surface area contributed by atoms with Gasteiger partial charge in [-0.15, -0.1) is 0 Å². The molecule has 3 rings (SSSR count). The molecule has 0 spiro atoms. The second-order valence-corrected chi connectivity index (χ2v) is 6.08. The van der Waals surface area contributed by atoms with Crippen LogP contribution in [0.5, 0.6) is 0 Å². The Bertz CT molecular complexity index is 734. The number of benzene rings is 1. The summed E-state index contributed by atoms with van der Waals surface area (Å²) in [6.07, 6.45) is 5.55. The van der Waals surface area contributed by atoms with E-state index in [2.05, 4.69) is 20.2 Å². The fourth-order valence-corrected chi connectivity index (χ4v) is 2.96. The fourth-order valence-electron chi connectivity index (χ4n) is 2.96. The summed E-state index contributed by atoms with van der Waals surface area (Å²) < 4.78 is 0. The van der Waals surface area contributed by atoms with Crippen molar-refractivity contribution in [3.8, 4) is 0 Å². The second-order valence-electron chi connectivity index (χ2n) is 6.08. The first-order chi connectivity index (χ1) is 12.1. The molecule has 0 bridgehead atoms. The second kappa shape index (κ2) is 7.74. The molecule has 1 aromatic carbocycles. The van der Waals surface area contributed by atoms with Crippen molar-refractivity contribution in [2.45, 2.75) is 25.3 Å². The summed E-state index contributed by atoms with van der Waals surface area (Å²) >= 11 is 0. The summed E-state index contributed by atoms with van der Waals surface area (Å²) in [4.78, 5) is 33.7. The molecule has 0 saturated carbocycles. The molecule has 1 amide bonds. The normalized spacial score (nSPS) is 17.1. The highest BCUT2D eigenvalue weighted by Gasteiger charge is 2.22. The Hall–Kier alpha value is -2.96. The van der Waals surface area contributed by atoms with Crippen molar-refractivity contribution >= 4 is 17.8 Å². The van der Waals surface area contributed by atoms with E-state index in [0.717, 1.165) is 24.9 Å². The van der Waals surface area contributed by atoms with Gasteiger partial charge in [0.05, 0.1) is 12.0 Å². The van der Waals surface area contributed by atoms with Crippen LogP contribution in [0.3, 0.4) is 0 Å². The molecule has 1 atom stereocenters. The Kier molecular flexibility index (Phi) is 5.23. The van der Waals surface area contributed by atoms with Crippen molar-refractivity contribution in [1.82, 2.24) is 15.3 Å². The Labute approximate surface area is 145 Å². The molecule has 1 fully saturated rings. The molecule has 0 radical (unpaired) electrons. The van der Waals surface area contributed by atoms with Crippen LogP contribution in [-0.4, -0.2) is 46.1 Å². The molecule has 0 aliphatic carbocycles. The molecule has 1 saturated heterocycles. The molecule has 7 heteroatoms. The number of anilines is 1. The maximum atomic E-state index is 12.3. The fraction of sp³-hybridized carbons (Fsp3) is 0.333. The van der Waals surface area contributed by atoms with E-state index in [9.17, 15) is 9.59 Å². The third-order valence-corrected chi connectivity index (χ3v) is 4.19. The summed E-state index contributed by atoms with van der Waals surface area (Å²) in [5, 5.41) is 12.0. The number of aromatic carboxylic acids is 1. The molecule has 0 unspecified atom stereocenters. The topological polar surface area (TPSA) is 95.4 Å². The maximum absolute atomic E-state index is 12.3. The summed E-state index contributed by atoms with van der Waals surface area (Å²) in [6, 6.07) is 8.22. The van der Waals surface area contributed by atoms with Crippen LogP contribution in [-0.2, 0) is 11.2 Å². The lowest BCUT2D eigenvalue weighted by molar-refractivity contribution is -0.121. The third-order valence-electron chi connectivity index (χ3n) is 4.19. The predicted octanol–water partition coefficient (Wildman–Crippen LogP) is 1.50. The maximum Gasteiger partial charge on any atom is 0.335 e. The van der Waals surface area contributed by atoms with Gasteiger partial charge in [0.15, 0.2) is 0 Å². The monoisotopic (exact) mass is 340 g/mol. The van der Waals surface area contributed by atoms with Crippen molar-refractivity contribution < 1.29 is 14.7 Å². The number of piperidine rings is 1. The lowest BCUT2D eigenvalue weighted by atomic mass is 10.0. The lowest BCUT2D eigenvalue weighted by Crippen LogP contribution is -2.48. The van der Waals surface area contributed by atoms with Crippen LogP contribution < -0.4 is 10.2 Å². The number of hydrogen-bond acceptors (Lipinski definition) is 5. The smallest absolute Gasteiger partial charge is 0.335 e. The first kappa shape index (κ1) is 16.9. The van der Waals surface area contributed by atoms with Crippen LogP contribution in [0, 0.1) is 0 Å². The number of aromatic nitrogens is 2. The average Bonchev–Trinajstić information content (AvgIpc) is 2.63. The Balaban J connectivity index is 1.54. The van der Waals surface area contributed by atoms with Gasteiger partial charge >= 0.3 is 5.97 Å². The first-order valence-corrected chi connectivity index (χ1v) is 8.25. The molecule has 1 aliphatic heterocycles. The number of nitrogens with zero attached hydrogens (tertiary/aromatic N) is 3. The molecule has 1 aliphatic rings. The molecule has 2 heterocycles. The molecule has 130 valence electrons. The van der Waals surface area contributed by atoms with Gasteiger partial charge in [-0.25, -0.2) is 14.8 Å². The Morgan fingerprint density at radius 1 is 1.20 bits per heavy atom. The minimum absolute atomic E-state index is 0.0587. The SMILES string of the molecule is O=C(Cc1ccc(C(=O)O)cc1)N[C@H]1CCCN(c2ncccn2)C1. The number of amides is 1. The van der Waals surface area contributed by atoms with Gasteiger partial charge in [-0.1, -0.05) is 12.1 Å². The van der Waals surface area contributed by atoms with Gasteiger partial charge in [-0.3, -0.25) is 4.79 Å². The number of carbonyl (C=O) groups excluding carboxylic acids is 1. The summed E-state index contributed by atoms with van der Waals surface area (Å²) in [5.41, 5.74) is 1.01. The van der Waals surface area contributed by atoms with Gasteiger partial charge in [0.1, 0.15) is 0 Å². The molecule has 2 N–H and O–H groups in total. The summed E-state index contributed by atoms with van der Waals surface area (Å²) in [7, 11) is 0. The quantitative estimate of drug-likeness (QED) is 0.856. The molecular weight excluding hydrogens is 320 g/mol. The van der Waals surface area contributed by atoms with E-state index in [1.165, 1.54) is 12.1 Å². The number of rotatable bonds is 5. The van der Waals surface area contributed by atoms with Gasteiger partial charge in [0.2, 0.25) is 11.9 Å². The number of nitrogens with one attached hydrogen (secondary N) is 1. The van der Waals surface area contributed by atoms with Crippen molar-refractivity contribution in [2.24, 2.45) is 0 Å². The molecule has 1 aromatic heterocycles. The zero-order chi connectivity index (χ0) is 17.6. The highest BCUT2D eigenvalue weighted by Crippen LogP contribution is 2.15. The van der Waals surface area contributed by atoms with Crippen LogP contribution in [0.2, 0.25) is 0 Å². The van der Waals surface area contributed by atoms with Gasteiger partial charge in [-0.2, -0.15) is 0 Å². The zero-order valence-electron chi connectivity index (χ0n) is 13.8.